The van der Waals surface area contributed by atoms with Gasteiger partial charge in [0.05, 0.1) is 12.1 Å². The van der Waals surface area contributed by atoms with E-state index in [0.29, 0.717) is 6.54 Å². The Hall–Kier alpha value is -3.05. The standard InChI is InChI=1S/C22H26N5/c1-25(16-14-24)18-7-4-17(5-8-18)6-9-19-10-11-22-20(12-13-23)21-3-2-15-26(21)27(19)22/h3-11,14,16H,2,12-13,15,23-24H2,1H3/q+1/b16-14-. The summed E-state index contributed by atoms with van der Waals surface area (Å²) in [7, 11) is 1.98. The van der Waals surface area contributed by atoms with Crippen molar-refractivity contribution in [2.24, 2.45) is 11.5 Å². The molecule has 4 N–H and O–H groups in total. The van der Waals surface area contributed by atoms with Crippen LogP contribution in [0.2, 0.25) is 0 Å². The fourth-order valence-electron chi connectivity index (χ4n) is 3.85. The van der Waals surface area contributed by atoms with Crippen LogP contribution in [0, 0.1) is 5.71 Å². The number of allylic oxidation sites excluding steroid dienone is 2. The number of hydrogen-bond acceptors (Lipinski definition) is 3. The molecule has 2 aliphatic rings. The topological polar surface area (TPSA) is 66.1 Å². The highest BCUT2D eigenvalue weighted by Gasteiger charge is 2.27. The van der Waals surface area contributed by atoms with Gasteiger partial charge in [0.2, 0.25) is 11.4 Å². The van der Waals surface area contributed by atoms with Crippen molar-refractivity contribution in [3.63, 3.8) is 0 Å². The Morgan fingerprint density at radius 3 is 2.74 bits per heavy atom. The van der Waals surface area contributed by atoms with E-state index in [2.05, 4.69) is 63.7 Å². The molecule has 3 heterocycles. The molecule has 0 radical (unpaired) electrons. The Labute approximate surface area is 159 Å². The fraction of sp³-hybridized carbons (Fsp3) is 0.227. The van der Waals surface area contributed by atoms with Gasteiger partial charge in [0, 0.05) is 43.4 Å². The highest BCUT2D eigenvalue weighted by molar-refractivity contribution is 5.59. The lowest BCUT2D eigenvalue weighted by atomic mass is 10.1. The molecule has 0 atom stereocenters. The number of rotatable bonds is 6. The van der Waals surface area contributed by atoms with Crippen LogP contribution in [0.25, 0.3) is 18.2 Å². The molecule has 4 rings (SSSR count). The molecule has 0 saturated carbocycles. The predicted molar refractivity (Wildman–Crippen MR) is 111 cm³/mol. The molecule has 1 aromatic heterocycles. The molecular formula is C22H26N5+. The summed E-state index contributed by atoms with van der Waals surface area (Å²) in [6.45, 7) is 1.71. The first-order chi connectivity index (χ1) is 13.2. The Morgan fingerprint density at radius 1 is 1.19 bits per heavy atom. The summed E-state index contributed by atoms with van der Waals surface area (Å²) in [5.41, 5.74) is 17.4. The van der Waals surface area contributed by atoms with Crippen molar-refractivity contribution in [2.45, 2.75) is 19.4 Å². The summed E-state index contributed by atoms with van der Waals surface area (Å²) in [5, 5.41) is 1.34. The zero-order chi connectivity index (χ0) is 18.8. The van der Waals surface area contributed by atoms with Gasteiger partial charge in [0.1, 0.15) is 5.35 Å². The van der Waals surface area contributed by atoms with Gasteiger partial charge in [0.25, 0.3) is 0 Å². The zero-order valence-electron chi connectivity index (χ0n) is 15.7. The molecule has 0 aliphatic carbocycles. The van der Waals surface area contributed by atoms with Crippen molar-refractivity contribution in [3.05, 3.63) is 76.7 Å². The lowest BCUT2D eigenvalue weighted by molar-refractivity contribution is -0.612. The largest absolute Gasteiger partial charge is 0.403 e. The van der Waals surface area contributed by atoms with Gasteiger partial charge < -0.3 is 16.4 Å². The zero-order valence-corrected chi connectivity index (χ0v) is 15.7. The van der Waals surface area contributed by atoms with Crippen molar-refractivity contribution in [2.75, 3.05) is 18.5 Å². The first-order valence-corrected chi connectivity index (χ1v) is 9.38. The monoisotopic (exact) mass is 360 g/mol. The van der Waals surface area contributed by atoms with Crippen LogP contribution in [-0.4, -0.2) is 18.3 Å². The van der Waals surface area contributed by atoms with E-state index in [9.17, 15) is 0 Å². The molecule has 0 saturated heterocycles. The Morgan fingerprint density at radius 2 is 2.00 bits per heavy atom. The molecule has 0 bridgehead atoms. The van der Waals surface area contributed by atoms with Gasteiger partial charge in [0.15, 0.2) is 0 Å². The Bertz CT molecular complexity index is 1050. The Balaban J connectivity index is 1.66. The fourth-order valence-corrected chi connectivity index (χ4v) is 3.85. The van der Waals surface area contributed by atoms with Crippen molar-refractivity contribution in [3.8, 4) is 0 Å². The molecular weight excluding hydrogens is 334 g/mol. The van der Waals surface area contributed by atoms with E-state index in [-0.39, 0.29) is 0 Å². The van der Waals surface area contributed by atoms with Crippen molar-refractivity contribution < 1.29 is 4.36 Å². The molecule has 27 heavy (non-hydrogen) atoms. The molecule has 2 aromatic rings. The maximum absolute atomic E-state index is 5.84. The summed E-state index contributed by atoms with van der Waals surface area (Å²) >= 11 is 0. The lowest BCUT2D eigenvalue weighted by Gasteiger charge is -2.13. The minimum absolute atomic E-state index is 0.678. The van der Waals surface area contributed by atoms with Gasteiger partial charge in [-0.05, 0) is 43.2 Å². The molecule has 0 fully saturated rings. The van der Waals surface area contributed by atoms with Crippen LogP contribution in [0.15, 0.2) is 48.8 Å². The van der Waals surface area contributed by atoms with Gasteiger partial charge in [-0.2, -0.15) is 0 Å². The molecule has 0 spiro atoms. The van der Waals surface area contributed by atoms with Crippen LogP contribution >= 0.6 is 0 Å². The first kappa shape index (κ1) is 17.4. The number of benzene rings is 1. The predicted octanol–water partition coefficient (Wildman–Crippen LogP) is 1.45. The second-order valence-electron chi connectivity index (χ2n) is 6.85. The van der Waals surface area contributed by atoms with E-state index in [0.717, 1.165) is 25.1 Å². The van der Waals surface area contributed by atoms with E-state index < -0.39 is 0 Å². The van der Waals surface area contributed by atoms with Crippen molar-refractivity contribution in [1.29, 1.82) is 0 Å². The Kier molecular flexibility index (Phi) is 4.69. The number of nitrogens with two attached hydrogens (primary N) is 2. The third-order valence-electron chi connectivity index (χ3n) is 5.15. The summed E-state index contributed by atoms with van der Waals surface area (Å²) in [6.07, 6.45) is 16.5. The second-order valence-corrected chi connectivity index (χ2v) is 6.85. The van der Waals surface area contributed by atoms with Crippen LogP contribution in [0.5, 0.6) is 0 Å². The van der Waals surface area contributed by atoms with Gasteiger partial charge in [-0.25, -0.2) is 0 Å². The van der Waals surface area contributed by atoms with E-state index >= 15 is 0 Å². The van der Waals surface area contributed by atoms with Crippen LogP contribution in [0.1, 0.15) is 23.2 Å². The highest BCUT2D eigenvalue weighted by atomic mass is 15.4. The van der Waals surface area contributed by atoms with E-state index in [1.165, 1.54) is 34.1 Å². The molecule has 5 heteroatoms. The van der Waals surface area contributed by atoms with Gasteiger partial charge in [-0.1, -0.05) is 22.6 Å². The van der Waals surface area contributed by atoms with Gasteiger partial charge in [-0.15, -0.1) is 4.68 Å². The van der Waals surface area contributed by atoms with Crippen LogP contribution in [0.4, 0.5) is 5.69 Å². The summed E-state index contributed by atoms with van der Waals surface area (Å²) in [6, 6.07) is 8.43. The minimum Gasteiger partial charge on any atom is -0.403 e. The number of anilines is 1. The van der Waals surface area contributed by atoms with E-state index in [1.54, 1.807) is 0 Å². The highest BCUT2D eigenvalue weighted by Crippen LogP contribution is 2.17. The first-order valence-electron chi connectivity index (χ1n) is 9.38. The third kappa shape index (κ3) is 3.11. The normalized spacial score (nSPS) is 15.0. The van der Waals surface area contributed by atoms with Gasteiger partial charge >= 0.3 is 0 Å². The molecule has 0 amide bonds. The maximum Gasteiger partial charge on any atom is 0.242 e. The number of hydrogen-bond donors (Lipinski definition) is 2. The third-order valence-corrected chi connectivity index (χ3v) is 5.15. The van der Waals surface area contributed by atoms with Crippen LogP contribution < -0.4 is 26.1 Å². The van der Waals surface area contributed by atoms with Crippen LogP contribution in [-0.2, 0) is 13.0 Å². The molecule has 1 aromatic carbocycles. The maximum atomic E-state index is 5.84. The number of fused-ring (bicyclic) bond motifs is 3. The average Bonchev–Trinajstić information content (AvgIpc) is 3.36. The molecule has 0 unspecified atom stereocenters. The molecule has 2 aliphatic heterocycles. The average molecular weight is 360 g/mol. The summed E-state index contributed by atoms with van der Waals surface area (Å²) in [5.74, 6) is 0. The minimum atomic E-state index is 0.678. The second kappa shape index (κ2) is 7.29. The smallest absolute Gasteiger partial charge is 0.242 e. The summed E-state index contributed by atoms with van der Waals surface area (Å²) < 4.78 is 4.70. The number of aromatic nitrogens is 2. The van der Waals surface area contributed by atoms with Gasteiger partial charge in [-0.3, -0.25) is 0 Å². The van der Waals surface area contributed by atoms with E-state index in [4.69, 9.17) is 11.5 Å². The van der Waals surface area contributed by atoms with Crippen LogP contribution in [0.3, 0.4) is 0 Å². The molecule has 138 valence electrons. The summed E-state index contributed by atoms with van der Waals surface area (Å²) in [4.78, 5) is 1.99. The lowest BCUT2D eigenvalue weighted by Crippen LogP contribution is -2.35. The van der Waals surface area contributed by atoms with E-state index in [1.807, 2.05) is 18.1 Å². The molecule has 5 nitrogen and oxygen atoms in total. The van der Waals surface area contributed by atoms with Crippen molar-refractivity contribution >= 4 is 23.9 Å². The number of nitrogens with zero attached hydrogens (tertiary/aromatic N) is 3. The SMILES string of the molecule is CN(/C=C\N)c1ccc(/C=C/C2=[n+]3c(c(CCN)c4n3CCC=4)C=C2)cc1. The van der Waals surface area contributed by atoms with Crippen molar-refractivity contribution in [1.82, 2.24) is 4.68 Å². The quantitative estimate of drug-likeness (QED) is 0.767.